The largest absolute Gasteiger partial charge is 0.465 e. The monoisotopic (exact) mass is 345 g/mol. The average Bonchev–Trinajstić information content (AvgIpc) is 3.02. The lowest BCUT2D eigenvalue weighted by molar-refractivity contribution is 0.0598. The van der Waals surface area contributed by atoms with E-state index in [0.29, 0.717) is 23.5 Å². The Morgan fingerprint density at radius 1 is 1.24 bits per heavy atom. The van der Waals surface area contributed by atoms with E-state index in [9.17, 15) is 14.3 Å². The molecule has 1 aliphatic heterocycles. The van der Waals surface area contributed by atoms with Crippen LogP contribution in [0.4, 0.5) is 10.1 Å². The number of aliphatic hydroxyl groups is 1. The molecule has 1 N–H and O–H groups in total. The average molecular weight is 345 g/mol. The highest BCUT2D eigenvalue weighted by molar-refractivity contribution is 5.93. The molecule has 0 bridgehead atoms. The van der Waals surface area contributed by atoms with Crippen LogP contribution in [0.3, 0.4) is 0 Å². The van der Waals surface area contributed by atoms with Gasteiger partial charge in [-0.3, -0.25) is 0 Å². The molecule has 0 aliphatic carbocycles. The van der Waals surface area contributed by atoms with Crippen molar-refractivity contribution in [3.05, 3.63) is 53.3 Å². The van der Waals surface area contributed by atoms with E-state index in [1.54, 1.807) is 25.1 Å². The minimum absolute atomic E-state index is 0.267. The van der Waals surface area contributed by atoms with E-state index in [1.807, 2.05) is 4.90 Å². The molecule has 0 spiro atoms. The first kappa shape index (κ1) is 17.2. The molecule has 1 saturated heterocycles. The molecule has 6 heteroatoms. The molecule has 2 aromatic carbocycles. The number of nitrogens with zero attached hydrogens (tertiary/aromatic N) is 1. The Morgan fingerprint density at radius 2 is 2.04 bits per heavy atom. The van der Waals surface area contributed by atoms with Gasteiger partial charge in [-0.15, -0.1) is 0 Å². The number of ether oxygens (including phenoxy) is 2. The van der Waals surface area contributed by atoms with Gasteiger partial charge in [-0.1, -0.05) is 0 Å². The van der Waals surface area contributed by atoms with Gasteiger partial charge in [0.15, 0.2) is 0 Å². The van der Waals surface area contributed by atoms with Crippen LogP contribution in [-0.2, 0) is 4.74 Å². The normalized spacial score (nSPS) is 16.8. The number of methoxy groups -OCH3 is 1. The molecule has 0 saturated carbocycles. The second-order valence-corrected chi connectivity index (χ2v) is 6.00. The predicted molar refractivity (Wildman–Crippen MR) is 91.6 cm³/mol. The van der Waals surface area contributed by atoms with Gasteiger partial charge >= 0.3 is 5.97 Å². The maximum absolute atomic E-state index is 13.3. The molecule has 0 aromatic heterocycles. The van der Waals surface area contributed by atoms with Crippen molar-refractivity contribution in [2.24, 2.45) is 0 Å². The van der Waals surface area contributed by atoms with Crippen molar-refractivity contribution in [1.82, 2.24) is 0 Å². The topological polar surface area (TPSA) is 59.0 Å². The van der Waals surface area contributed by atoms with E-state index < -0.39 is 12.2 Å². The third-order valence-corrected chi connectivity index (χ3v) is 4.28. The van der Waals surface area contributed by atoms with Crippen LogP contribution >= 0.6 is 0 Å². The number of benzene rings is 2. The number of carbonyl (C=O) groups is 1. The quantitative estimate of drug-likeness (QED) is 0.858. The molecule has 1 unspecified atom stereocenters. The summed E-state index contributed by atoms with van der Waals surface area (Å²) in [5.41, 5.74) is 1.64. The fourth-order valence-electron chi connectivity index (χ4n) is 2.95. The summed E-state index contributed by atoms with van der Waals surface area (Å²) in [5, 5.41) is 10.1. The van der Waals surface area contributed by atoms with Gasteiger partial charge in [0.25, 0.3) is 0 Å². The molecule has 1 fully saturated rings. The van der Waals surface area contributed by atoms with Crippen molar-refractivity contribution in [2.75, 3.05) is 18.6 Å². The molecule has 1 atom stereocenters. The summed E-state index contributed by atoms with van der Waals surface area (Å²) in [7, 11) is 1.30. The Hall–Kier alpha value is -2.60. The standard InChI is InChI=1S/C19H20FNO4/c1-12-10-13(20)5-8-16(12)25-17-11-14(21-9-3-4-18(21)22)6-7-15(17)19(23)24-2/h5-8,10-11,18,22H,3-4,9H2,1-2H3. The predicted octanol–water partition coefficient (Wildman–Crippen LogP) is 3.63. The number of aryl methyl sites for hydroxylation is 1. The summed E-state index contributed by atoms with van der Waals surface area (Å²) >= 11 is 0. The zero-order valence-electron chi connectivity index (χ0n) is 14.2. The van der Waals surface area contributed by atoms with Crippen LogP contribution in [0.1, 0.15) is 28.8 Å². The number of hydrogen-bond acceptors (Lipinski definition) is 5. The maximum atomic E-state index is 13.3. The van der Waals surface area contributed by atoms with Crippen molar-refractivity contribution in [2.45, 2.75) is 26.0 Å². The van der Waals surface area contributed by atoms with Crippen LogP contribution in [0.5, 0.6) is 11.5 Å². The summed E-state index contributed by atoms with van der Waals surface area (Å²) in [4.78, 5) is 13.9. The van der Waals surface area contributed by atoms with Crippen LogP contribution in [0.25, 0.3) is 0 Å². The first-order valence-corrected chi connectivity index (χ1v) is 8.10. The van der Waals surface area contributed by atoms with E-state index in [1.165, 1.54) is 25.3 Å². The molecular formula is C19H20FNO4. The highest BCUT2D eigenvalue weighted by atomic mass is 19.1. The van der Waals surface area contributed by atoms with Crippen molar-refractivity contribution >= 4 is 11.7 Å². The SMILES string of the molecule is COC(=O)c1ccc(N2CCCC2O)cc1Oc1ccc(F)cc1C. The minimum atomic E-state index is -0.551. The molecule has 2 aromatic rings. The second-order valence-electron chi connectivity index (χ2n) is 6.00. The molecule has 132 valence electrons. The molecule has 0 radical (unpaired) electrons. The number of rotatable bonds is 4. The van der Waals surface area contributed by atoms with E-state index in [-0.39, 0.29) is 11.4 Å². The van der Waals surface area contributed by atoms with E-state index in [2.05, 4.69) is 0 Å². The number of carbonyl (C=O) groups excluding carboxylic acids is 1. The Labute approximate surface area is 145 Å². The van der Waals surface area contributed by atoms with Gasteiger partial charge in [0.1, 0.15) is 29.1 Å². The van der Waals surface area contributed by atoms with Gasteiger partial charge in [0.05, 0.1) is 7.11 Å². The Bertz CT molecular complexity index is 793. The summed E-state index contributed by atoms with van der Waals surface area (Å²) < 4.78 is 24.0. The first-order chi connectivity index (χ1) is 12.0. The van der Waals surface area contributed by atoms with E-state index in [4.69, 9.17) is 9.47 Å². The molecule has 0 amide bonds. The highest BCUT2D eigenvalue weighted by Crippen LogP contribution is 2.34. The van der Waals surface area contributed by atoms with Crippen LogP contribution in [0.2, 0.25) is 0 Å². The van der Waals surface area contributed by atoms with Crippen molar-refractivity contribution in [3.63, 3.8) is 0 Å². The lowest BCUT2D eigenvalue weighted by Crippen LogP contribution is -2.28. The lowest BCUT2D eigenvalue weighted by atomic mass is 10.1. The summed E-state index contributed by atoms with van der Waals surface area (Å²) in [6.07, 6.45) is 1.04. The van der Waals surface area contributed by atoms with Crippen LogP contribution in [-0.4, -0.2) is 31.0 Å². The number of hydrogen-bond donors (Lipinski definition) is 1. The lowest BCUT2D eigenvalue weighted by Gasteiger charge is -2.23. The van der Waals surface area contributed by atoms with Crippen LogP contribution in [0.15, 0.2) is 36.4 Å². The summed E-state index contributed by atoms with van der Waals surface area (Å²) in [6, 6.07) is 9.24. The Kier molecular flexibility index (Phi) is 4.90. The van der Waals surface area contributed by atoms with Crippen molar-refractivity contribution in [3.8, 4) is 11.5 Å². The molecule has 3 rings (SSSR count). The third kappa shape index (κ3) is 3.58. The number of anilines is 1. The van der Waals surface area contributed by atoms with Gasteiger partial charge in [-0.25, -0.2) is 9.18 Å². The minimum Gasteiger partial charge on any atom is -0.465 e. The fraction of sp³-hybridized carbons (Fsp3) is 0.316. The fourth-order valence-corrected chi connectivity index (χ4v) is 2.95. The van der Waals surface area contributed by atoms with Gasteiger partial charge in [0, 0.05) is 18.3 Å². The molecule has 5 nitrogen and oxygen atoms in total. The second kappa shape index (κ2) is 7.11. The molecule has 1 heterocycles. The molecule has 25 heavy (non-hydrogen) atoms. The van der Waals surface area contributed by atoms with Gasteiger partial charge < -0.3 is 19.5 Å². The zero-order valence-corrected chi connectivity index (χ0v) is 14.2. The van der Waals surface area contributed by atoms with Gasteiger partial charge in [-0.05, 0) is 55.7 Å². The summed E-state index contributed by atoms with van der Waals surface area (Å²) in [5.74, 6) is -0.126. The van der Waals surface area contributed by atoms with Crippen LogP contribution in [0, 0.1) is 12.7 Å². The highest BCUT2D eigenvalue weighted by Gasteiger charge is 2.24. The van der Waals surface area contributed by atoms with Crippen LogP contribution < -0.4 is 9.64 Å². The van der Waals surface area contributed by atoms with E-state index in [0.717, 1.165) is 18.7 Å². The zero-order chi connectivity index (χ0) is 18.0. The number of halogens is 1. The van der Waals surface area contributed by atoms with E-state index >= 15 is 0 Å². The van der Waals surface area contributed by atoms with Gasteiger partial charge in [0.2, 0.25) is 0 Å². The van der Waals surface area contributed by atoms with Gasteiger partial charge in [-0.2, -0.15) is 0 Å². The van der Waals surface area contributed by atoms with Crippen molar-refractivity contribution < 1.29 is 23.8 Å². The Morgan fingerprint density at radius 3 is 2.68 bits per heavy atom. The first-order valence-electron chi connectivity index (χ1n) is 8.10. The number of esters is 1. The smallest absolute Gasteiger partial charge is 0.341 e. The molecule has 1 aliphatic rings. The van der Waals surface area contributed by atoms with Crippen molar-refractivity contribution in [1.29, 1.82) is 0 Å². The number of aliphatic hydroxyl groups excluding tert-OH is 1. The third-order valence-electron chi connectivity index (χ3n) is 4.28. The summed E-state index contributed by atoms with van der Waals surface area (Å²) in [6.45, 7) is 2.46. The Balaban J connectivity index is 1.99. The molecular weight excluding hydrogens is 325 g/mol. The maximum Gasteiger partial charge on any atom is 0.341 e.